The highest BCUT2D eigenvalue weighted by atomic mass is 16.5. The standard InChI is InChI=1S/C30H36N2O4/c1-21(2)31-30(34)27(18-24-12-7-6-8-13-24)32(19-25-14-10-15-26(17-25)35-5)29(33)20-36-28-16-9-11-22(3)23(28)4/h6-17,21,27H,18-20H2,1-5H3,(H,31,34)/t27-/m1/s1. The number of hydrogen-bond donors (Lipinski definition) is 1. The fourth-order valence-corrected chi connectivity index (χ4v) is 4.01. The molecule has 3 aromatic rings. The van der Waals surface area contributed by atoms with E-state index in [4.69, 9.17) is 9.47 Å². The van der Waals surface area contributed by atoms with Crippen molar-refractivity contribution in [3.8, 4) is 11.5 Å². The molecule has 0 unspecified atom stereocenters. The molecule has 0 saturated carbocycles. The Bertz CT molecular complexity index is 1160. The average molecular weight is 489 g/mol. The molecular formula is C30H36N2O4. The molecule has 0 bridgehead atoms. The molecule has 0 aliphatic carbocycles. The summed E-state index contributed by atoms with van der Waals surface area (Å²) >= 11 is 0. The number of hydrogen-bond acceptors (Lipinski definition) is 4. The van der Waals surface area contributed by atoms with Gasteiger partial charge in [0.1, 0.15) is 17.5 Å². The number of nitrogens with one attached hydrogen (secondary N) is 1. The normalized spacial score (nSPS) is 11.6. The van der Waals surface area contributed by atoms with Crippen LogP contribution in [0.2, 0.25) is 0 Å². The molecule has 6 heteroatoms. The molecule has 36 heavy (non-hydrogen) atoms. The zero-order valence-electron chi connectivity index (χ0n) is 21.8. The Hall–Kier alpha value is -3.80. The van der Waals surface area contributed by atoms with Crippen molar-refractivity contribution < 1.29 is 19.1 Å². The lowest BCUT2D eigenvalue weighted by atomic mass is 10.0. The Balaban J connectivity index is 1.94. The Morgan fingerprint density at radius 1 is 0.917 bits per heavy atom. The van der Waals surface area contributed by atoms with Crippen LogP contribution in [0.25, 0.3) is 0 Å². The van der Waals surface area contributed by atoms with Crippen molar-refractivity contribution >= 4 is 11.8 Å². The molecule has 6 nitrogen and oxygen atoms in total. The van der Waals surface area contributed by atoms with Crippen LogP contribution in [0.4, 0.5) is 0 Å². The first-order valence-electron chi connectivity index (χ1n) is 12.2. The van der Waals surface area contributed by atoms with Gasteiger partial charge in [-0.2, -0.15) is 0 Å². The summed E-state index contributed by atoms with van der Waals surface area (Å²) in [5, 5.41) is 3.00. The van der Waals surface area contributed by atoms with E-state index in [-0.39, 0.29) is 31.0 Å². The highest BCUT2D eigenvalue weighted by Crippen LogP contribution is 2.22. The fourth-order valence-electron chi connectivity index (χ4n) is 4.01. The number of amides is 2. The predicted molar refractivity (Wildman–Crippen MR) is 142 cm³/mol. The lowest BCUT2D eigenvalue weighted by Gasteiger charge is -2.32. The zero-order valence-corrected chi connectivity index (χ0v) is 21.8. The minimum Gasteiger partial charge on any atom is -0.497 e. The van der Waals surface area contributed by atoms with Crippen molar-refractivity contribution in [1.29, 1.82) is 0 Å². The van der Waals surface area contributed by atoms with Crippen LogP contribution in [-0.4, -0.2) is 42.5 Å². The van der Waals surface area contributed by atoms with Crippen molar-refractivity contribution in [2.24, 2.45) is 0 Å². The van der Waals surface area contributed by atoms with Crippen LogP contribution < -0.4 is 14.8 Å². The fraction of sp³-hybridized carbons (Fsp3) is 0.333. The number of carbonyl (C=O) groups is 2. The van der Waals surface area contributed by atoms with E-state index >= 15 is 0 Å². The first kappa shape index (κ1) is 26.8. The van der Waals surface area contributed by atoms with Gasteiger partial charge in [0.25, 0.3) is 5.91 Å². The molecule has 0 fully saturated rings. The maximum absolute atomic E-state index is 13.7. The molecule has 0 aromatic heterocycles. The van der Waals surface area contributed by atoms with Gasteiger partial charge in [-0.3, -0.25) is 9.59 Å². The largest absolute Gasteiger partial charge is 0.497 e. The summed E-state index contributed by atoms with van der Waals surface area (Å²) in [5.41, 5.74) is 3.92. The molecule has 3 aromatic carbocycles. The molecule has 0 spiro atoms. The van der Waals surface area contributed by atoms with E-state index in [0.29, 0.717) is 17.9 Å². The first-order chi connectivity index (χ1) is 17.3. The molecule has 2 amide bonds. The Morgan fingerprint density at radius 2 is 1.61 bits per heavy atom. The van der Waals surface area contributed by atoms with Gasteiger partial charge >= 0.3 is 0 Å². The third kappa shape index (κ3) is 7.35. The van der Waals surface area contributed by atoms with Crippen LogP contribution in [0.3, 0.4) is 0 Å². The molecule has 0 radical (unpaired) electrons. The number of benzene rings is 3. The van der Waals surface area contributed by atoms with Gasteiger partial charge in [-0.15, -0.1) is 0 Å². The number of carbonyl (C=O) groups excluding carboxylic acids is 2. The van der Waals surface area contributed by atoms with Gasteiger partial charge in [0.15, 0.2) is 6.61 Å². The van der Waals surface area contributed by atoms with E-state index < -0.39 is 6.04 Å². The first-order valence-corrected chi connectivity index (χ1v) is 12.2. The summed E-state index contributed by atoms with van der Waals surface area (Å²) in [6, 6.07) is 22.3. The van der Waals surface area contributed by atoms with Gasteiger partial charge in [-0.1, -0.05) is 54.6 Å². The summed E-state index contributed by atoms with van der Waals surface area (Å²) in [6.45, 7) is 7.87. The Labute approximate surface area is 214 Å². The SMILES string of the molecule is COc1cccc(CN(C(=O)COc2cccc(C)c2C)[C@H](Cc2ccccc2)C(=O)NC(C)C)c1. The van der Waals surface area contributed by atoms with Crippen molar-refractivity contribution in [3.63, 3.8) is 0 Å². The molecule has 1 atom stereocenters. The highest BCUT2D eigenvalue weighted by molar-refractivity contribution is 5.88. The van der Waals surface area contributed by atoms with Crippen LogP contribution in [0.1, 0.15) is 36.1 Å². The van der Waals surface area contributed by atoms with Crippen LogP contribution >= 0.6 is 0 Å². The molecule has 3 rings (SSSR count). The predicted octanol–water partition coefficient (Wildman–Crippen LogP) is 4.86. The Morgan fingerprint density at radius 3 is 2.31 bits per heavy atom. The quantitative estimate of drug-likeness (QED) is 0.419. The molecule has 0 saturated heterocycles. The third-order valence-electron chi connectivity index (χ3n) is 6.10. The summed E-state index contributed by atoms with van der Waals surface area (Å²) in [7, 11) is 1.61. The van der Waals surface area contributed by atoms with Gasteiger partial charge < -0.3 is 19.7 Å². The maximum Gasteiger partial charge on any atom is 0.261 e. The van der Waals surface area contributed by atoms with E-state index in [1.54, 1.807) is 12.0 Å². The zero-order chi connectivity index (χ0) is 26.1. The van der Waals surface area contributed by atoms with Crippen molar-refractivity contribution in [2.45, 2.75) is 52.7 Å². The average Bonchev–Trinajstić information content (AvgIpc) is 2.87. The maximum atomic E-state index is 13.7. The lowest BCUT2D eigenvalue weighted by molar-refractivity contribution is -0.143. The second-order valence-corrected chi connectivity index (χ2v) is 9.23. The summed E-state index contributed by atoms with van der Waals surface area (Å²) in [5.74, 6) is 0.893. The lowest BCUT2D eigenvalue weighted by Crippen LogP contribution is -2.52. The second-order valence-electron chi connectivity index (χ2n) is 9.23. The van der Waals surface area contributed by atoms with Gasteiger partial charge in [0, 0.05) is 19.0 Å². The number of methoxy groups -OCH3 is 1. The second kappa shape index (κ2) is 12.8. The van der Waals surface area contributed by atoms with Crippen molar-refractivity contribution in [1.82, 2.24) is 10.2 Å². The van der Waals surface area contributed by atoms with Gasteiger partial charge in [-0.25, -0.2) is 0 Å². The summed E-state index contributed by atoms with van der Waals surface area (Å²) in [4.78, 5) is 28.7. The highest BCUT2D eigenvalue weighted by Gasteiger charge is 2.31. The van der Waals surface area contributed by atoms with E-state index in [1.165, 1.54) is 0 Å². The van der Waals surface area contributed by atoms with Gasteiger partial charge in [-0.05, 0) is 68.1 Å². The molecular weight excluding hydrogens is 452 g/mol. The third-order valence-corrected chi connectivity index (χ3v) is 6.10. The van der Waals surface area contributed by atoms with Crippen LogP contribution in [0, 0.1) is 13.8 Å². The monoisotopic (exact) mass is 488 g/mol. The van der Waals surface area contributed by atoms with E-state index in [2.05, 4.69) is 5.32 Å². The minimum atomic E-state index is -0.712. The van der Waals surface area contributed by atoms with Crippen LogP contribution in [0.15, 0.2) is 72.8 Å². The number of nitrogens with zero attached hydrogens (tertiary/aromatic N) is 1. The van der Waals surface area contributed by atoms with E-state index in [9.17, 15) is 9.59 Å². The minimum absolute atomic E-state index is 0.0595. The van der Waals surface area contributed by atoms with Crippen LogP contribution in [-0.2, 0) is 22.6 Å². The van der Waals surface area contributed by atoms with Gasteiger partial charge in [0.05, 0.1) is 7.11 Å². The summed E-state index contributed by atoms with van der Waals surface area (Å²) in [6.07, 6.45) is 0.387. The van der Waals surface area contributed by atoms with E-state index in [1.807, 2.05) is 100 Å². The topological polar surface area (TPSA) is 67.9 Å². The molecule has 0 aliphatic rings. The number of ether oxygens (including phenoxy) is 2. The molecule has 0 aliphatic heterocycles. The Kier molecular flexibility index (Phi) is 9.51. The molecule has 0 heterocycles. The molecule has 190 valence electrons. The van der Waals surface area contributed by atoms with Crippen molar-refractivity contribution in [2.75, 3.05) is 13.7 Å². The molecule has 1 N–H and O–H groups in total. The number of aryl methyl sites for hydroxylation is 1. The number of rotatable bonds is 11. The summed E-state index contributed by atoms with van der Waals surface area (Å²) < 4.78 is 11.3. The smallest absolute Gasteiger partial charge is 0.261 e. The van der Waals surface area contributed by atoms with E-state index in [0.717, 1.165) is 22.3 Å². The van der Waals surface area contributed by atoms with Crippen molar-refractivity contribution in [3.05, 3.63) is 95.1 Å². The van der Waals surface area contributed by atoms with Gasteiger partial charge in [0.2, 0.25) is 5.91 Å². The van der Waals surface area contributed by atoms with Crippen LogP contribution in [0.5, 0.6) is 11.5 Å².